The maximum Gasteiger partial charge on any atom is 0.341 e. The predicted molar refractivity (Wildman–Crippen MR) is 85.9 cm³/mol. The smallest absolute Gasteiger partial charge is 0.341 e. The second-order valence-corrected chi connectivity index (χ2v) is 4.72. The van der Waals surface area contributed by atoms with Crippen LogP contribution >= 0.6 is 0 Å². The number of hydrogen-bond donors (Lipinski definition) is 2. The zero-order valence-corrected chi connectivity index (χ0v) is 12.6. The van der Waals surface area contributed by atoms with Crippen LogP contribution in [0.3, 0.4) is 0 Å². The average molecular weight is 329 g/mol. The number of nitrogens with zero attached hydrogens (tertiary/aromatic N) is 1. The topological polar surface area (TPSA) is 106 Å². The lowest BCUT2D eigenvalue weighted by atomic mass is 10.1. The molecule has 0 radical (unpaired) electrons. The lowest BCUT2D eigenvalue weighted by Crippen LogP contribution is -2.11. The summed E-state index contributed by atoms with van der Waals surface area (Å²) in [6, 6.07) is 8.35. The van der Waals surface area contributed by atoms with Crippen molar-refractivity contribution in [2.24, 2.45) is 0 Å². The number of rotatable bonds is 8. The quantitative estimate of drug-likeness (QED) is 0.764. The molecule has 1 aromatic carbocycles. The number of aliphatic carboxylic acids is 2. The molecule has 0 aliphatic rings. The van der Waals surface area contributed by atoms with Crippen LogP contribution in [-0.4, -0.2) is 40.3 Å². The van der Waals surface area contributed by atoms with E-state index in [9.17, 15) is 9.59 Å². The van der Waals surface area contributed by atoms with Crippen LogP contribution in [0.2, 0.25) is 0 Å². The number of carboxylic acids is 2. The van der Waals surface area contributed by atoms with Gasteiger partial charge in [-0.05, 0) is 35.4 Å². The third-order valence-corrected chi connectivity index (χ3v) is 2.80. The second kappa shape index (κ2) is 8.33. The van der Waals surface area contributed by atoms with Crippen molar-refractivity contribution in [3.63, 3.8) is 0 Å². The zero-order chi connectivity index (χ0) is 17.4. The molecule has 2 N–H and O–H groups in total. The van der Waals surface area contributed by atoms with E-state index in [2.05, 4.69) is 4.98 Å². The monoisotopic (exact) mass is 329 g/mol. The summed E-state index contributed by atoms with van der Waals surface area (Å²) in [5, 5.41) is 17.4. The summed E-state index contributed by atoms with van der Waals surface area (Å²) in [7, 11) is 0. The van der Waals surface area contributed by atoms with E-state index in [1.165, 1.54) is 6.07 Å². The zero-order valence-electron chi connectivity index (χ0n) is 12.6. The number of ether oxygens (including phenoxy) is 2. The number of pyridine rings is 1. The number of carbonyl (C=O) groups is 2. The van der Waals surface area contributed by atoms with Gasteiger partial charge in [-0.1, -0.05) is 12.2 Å². The van der Waals surface area contributed by atoms with Gasteiger partial charge in [0.05, 0.1) is 0 Å². The maximum absolute atomic E-state index is 10.6. The minimum atomic E-state index is -1.11. The van der Waals surface area contributed by atoms with Crippen LogP contribution in [0.4, 0.5) is 0 Å². The van der Waals surface area contributed by atoms with Gasteiger partial charge in [0.2, 0.25) is 0 Å². The molecule has 0 bridgehead atoms. The molecule has 7 heteroatoms. The van der Waals surface area contributed by atoms with Gasteiger partial charge in [-0.3, -0.25) is 4.98 Å². The number of hydrogen-bond acceptors (Lipinski definition) is 5. The Labute approximate surface area is 137 Å². The summed E-state index contributed by atoms with van der Waals surface area (Å²) in [5.41, 5.74) is 1.60. The molecule has 1 heterocycles. The highest BCUT2D eigenvalue weighted by Gasteiger charge is 2.06. The Balaban J connectivity index is 2.22. The Morgan fingerprint density at radius 3 is 1.88 bits per heavy atom. The first-order valence-corrected chi connectivity index (χ1v) is 6.95. The SMILES string of the molecule is O=C(O)COc1cc(/C=C/c2ccncc2)cc(OCC(=O)O)c1. The molecule has 0 fully saturated rings. The van der Waals surface area contributed by atoms with E-state index < -0.39 is 25.2 Å². The van der Waals surface area contributed by atoms with Crippen LogP contribution in [0, 0.1) is 0 Å². The minimum absolute atomic E-state index is 0.273. The Hall–Kier alpha value is -3.35. The number of benzene rings is 1. The molecule has 2 rings (SSSR count). The van der Waals surface area contributed by atoms with Crippen LogP contribution in [0.15, 0.2) is 42.7 Å². The van der Waals surface area contributed by atoms with Crippen LogP contribution in [0.5, 0.6) is 11.5 Å². The van der Waals surface area contributed by atoms with Gasteiger partial charge in [-0.15, -0.1) is 0 Å². The van der Waals surface area contributed by atoms with Crippen molar-refractivity contribution < 1.29 is 29.3 Å². The molecule has 0 saturated carbocycles. The van der Waals surface area contributed by atoms with Crippen molar-refractivity contribution >= 4 is 24.1 Å². The highest BCUT2D eigenvalue weighted by Crippen LogP contribution is 2.24. The van der Waals surface area contributed by atoms with Crippen LogP contribution in [0.1, 0.15) is 11.1 Å². The van der Waals surface area contributed by atoms with Crippen LogP contribution in [0.25, 0.3) is 12.2 Å². The summed E-state index contributed by atoms with van der Waals surface area (Å²) in [6.45, 7) is -1.01. The Morgan fingerprint density at radius 2 is 1.38 bits per heavy atom. The lowest BCUT2D eigenvalue weighted by Gasteiger charge is -2.09. The minimum Gasteiger partial charge on any atom is -0.482 e. The van der Waals surface area contributed by atoms with Gasteiger partial charge in [-0.25, -0.2) is 9.59 Å². The van der Waals surface area contributed by atoms with Gasteiger partial charge >= 0.3 is 11.9 Å². The molecular formula is C17H15NO6. The van der Waals surface area contributed by atoms with Gasteiger partial charge in [0.1, 0.15) is 11.5 Å². The molecule has 0 saturated heterocycles. The fraction of sp³-hybridized carbons (Fsp3) is 0.118. The molecule has 1 aromatic heterocycles. The van der Waals surface area contributed by atoms with E-state index >= 15 is 0 Å². The summed E-state index contributed by atoms with van der Waals surface area (Å²) in [5.74, 6) is -1.68. The van der Waals surface area contributed by atoms with Crippen LogP contribution in [-0.2, 0) is 9.59 Å². The molecule has 0 unspecified atom stereocenters. The Morgan fingerprint density at radius 1 is 0.875 bits per heavy atom. The van der Waals surface area contributed by atoms with E-state index in [4.69, 9.17) is 19.7 Å². The summed E-state index contributed by atoms with van der Waals surface area (Å²) in [4.78, 5) is 25.2. The first-order chi connectivity index (χ1) is 11.5. The maximum atomic E-state index is 10.6. The molecule has 0 spiro atoms. The molecule has 0 aliphatic heterocycles. The van der Waals surface area contributed by atoms with E-state index in [0.29, 0.717) is 5.56 Å². The first kappa shape index (κ1) is 17.0. The standard InChI is InChI=1S/C17H15NO6/c19-16(20)10-23-14-7-13(2-1-12-3-5-18-6-4-12)8-15(9-14)24-11-17(21)22/h1-9H,10-11H2,(H,19,20)(H,21,22)/b2-1+. The fourth-order valence-corrected chi connectivity index (χ4v) is 1.81. The number of aromatic nitrogens is 1. The molecule has 124 valence electrons. The lowest BCUT2D eigenvalue weighted by molar-refractivity contribution is -0.140. The highest BCUT2D eigenvalue weighted by atomic mass is 16.5. The molecule has 0 amide bonds. The molecule has 7 nitrogen and oxygen atoms in total. The van der Waals surface area contributed by atoms with Gasteiger partial charge in [0.25, 0.3) is 0 Å². The van der Waals surface area contributed by atoms with Crippen molar-refractivity contribution in [1.82, 2.24) is 4.98 Å². The third-order valence-electron chi connectivity index (χ3n) is 2.80. The molecule has 0 aliphatic carbocycles. The van der Waals surface area contributed by atoms with Gasteiger partial charge < -0.3 is 19.7 Å². The average Bonchev–Trinajstić information content (AvgIpc) is 2.57. The summed E-state index contributed by atoms with van der Waals surface area (Å²) >= 11 is 0. The highest BCUT2D eigenvalue weighted by molar-refractivity contribution is 5.72. The van der Waals surface area contributed by atoms with Crippen molar-refractivity contribution in [2.45, 2.75) is 0 Å². The summed E-state index contributed by atoms with van der Waals surface area (Å²) < 4.78 is 10.3. The molecule has 24 heavy (non-hydrogen) atoms. The van der Waals surface area contributed by atoms with Crippen molar-refractivity contribution in [2.75, 3.05) is 13.2 Å². The van der Waals surface area contributed by atoms with E-state index in [1.807, 2.05) is 18.2 Å². The predicted octanol–water partition coefficient (Wildman–Crippen LogP) is 2.18. The fourth-order valence-electron chi connectivity index (χ4n) is 1.81. The van der Waals surface area contributed by atoms with Gasteiger partial charge in [0, 0.05) is 18.5 Å². The Kier molecular flexibility index (Phi) is 5.90. The van der Waals surface area contributed by atoms with Crippen LogP contribution < -0.4 is 9.47 Å². The second-order valence-electron chi connectivity index (χ2n) is 4.72. The normalized spacial score (nSPS) is 10.5. The van der Waals surface area contributed by atoms with Gasteiger partial charge in [-0.2, -0.15) is 0 Å². The van der Waals surface area contributed by atoms with Crippen molar-refractivity contribution in [3.8, 4) is 11.5 Å². The summed E-state index contributed by atoms with van der Waals surface area (Å²) in [6.07, 6.45) is 6.93. The third kappa shape index (κ3) is 5.80. The van der Waals surface area contributed by atoms with E-state index in [0.717, 1.165) is 5.56 Å². The van der Waals surface area contributed by atoms with Gasteiger partial charge in [0.15, 0.2) is 13.2 Å². The molecular weight excluding hydrogens is 314 g/mol. The first-order valence-electron chi connectivity index (χ1n) is 6.95. The van der Waals surface area contributed by atoms with Crippen molar-refractivity contribution in [1.29, 1.82) is 0 Å². The van der Waals surface area contributed by atoms with E-state index in [1.54, 1.807) is 30.6 Å². The largest absolute Gasteiger partial charge is 0.482 e. The molecule has 0 atom stereocenters. The molecule has 2 aromatic rings. The number of carboxylic acid groups (broad SMARTS) is 2. The van der Waals surface area contributed by atoms with Crippen molar-refractivity contribution in [3.05, 3.63) is 53.9 Å². The van der Waals surface area contributed by atoms with E-state index in [-0.39, 0.29) is 11.5 Å². The Bertz CT molecular complexity index is 706.